The van der Waals surface area contributed by atoms with E-state index >= 15 is 0 Å². The van der Waals surface area contributed by atoms with Crippen LogP contribution in [0.15, 0.2) is 22.9 Å². The van der Waals surface area contributed by atoms with Crippen molar-refractivity contribution < 1.29 is 11.6 Å². The average Bonchev–Trinajstić information content (AvgIpc) is 2.09. The Kier molecular flexibility index (Phi) is 0.810. The van der Waals surface area contributed by atoms with Crippen molar-refractivity contribution in [3.8, 4) is 5.75 Å². The van der Waals surface area contributed by atoms with Gasteiger partial charge in [-0.05, 0) is 22.0 Å². The van der Waals surface area contributed by atoms with Gasteiger partial charge in [-0.3, -0.25) is 4.98 Å². The maximum Gasteiger partial charge on any atom is 0.151 e. The van der Waals surface area contributed by atoms with Gasteiger partial charge in [0.25, 0.3) is 0 Å². The molecule has 0 amide bonds. The lowest BCUT2D eigenvalue weighted by Crippen LogP contribution is -1.83. The summed E-state index contributed by atoms with van der Waals surface area (Å²) < 4.78 is 40.2. The topological polar surface area (TPSA) is 22.1 Å². The monoisotopic (exact) mass is 192 g/mol. The van der Waals surface area contributed by atoms with Crippen LogP contribution in [0.5, 0.6) is 5.75 Å². The summed E-state index contributed by atoms with van der Waals surface area (Å²) in [5.41, 5.74) is 0. The molecule has 3 heteroatoms. The molecule has 0 aliphatic heterocycles. The lowest BCUT2D eigenvalue weighted by Gasteiger charge is -1.98. The van der Waals surface area contributed by atoms with Crippen molar-refractivity contribution in [1.29, 1.82) is 0 Å². The molecule has 1 heterocycles. The predicted octanol–water partition coefficient (Wildman–Crippen LogP) is 1.85. The quantitative estimate of drug-likeness (QED) is 0.678. The lowest BCUT2D eigenvalue weighted by molar-refractivity contribution is 0.410. The van der Waals surface area contributed by atoms with Gasteiger partial charge in [0.2, 0.25) is 0 Å². The molecule has 0 N–H and O–H groups in total. The fourth-order valence-corrected chi connectivity index (χ4v) is 0.610. The van der Waals surface area contributed by atoms with Gasteiger partial charge in [0.15, 0.2) is 5.75 Å². The third-order valence-electron chi connectivity index (χ3n) is 0.696. The van der Waals surface area contributed by atoms with Crippen molar-refractivity contribution in [3.05, 3.63) is 22.9 Å². The van der Waals surface area contributed by atoms with Crippen LogP contribution in [-0.2, 0) is 0 Å². The van der Waals surface area contributed by atoms with Crippen LogP contribution in [0.25, 0.3) is 0 Å². The predicted molar refractivity (Wildman–Crippen MR) is 38.5 cm³/mol. The van der Waals surface area contributed by atoms with Crippen LogP contribution >= 0.6 is 15.9 Å². The highest BCUT2D eigenvalue weighted by Crippen LogP contribution is 2.21. The van der Waals surface area contributed by atoms with Crippen LogP contribution in [0.2, 0.25) is 0 Å². The zero-order valence-corrected chi connectivity index (χ0v) is 5.90. The summed E-state index contributed by atoms with van der Waals surface area (Å²) >= 11 is 2.95. The number of nitrogens with zero attached hydrogens (tertiary/aromatic N) is 1. The zero-order valence-electron chi connectivity index (χ0n) is 9.31. The van der Waals surface area contributed by atoms with Crippen molar-refractivity contribution in [3.63, 3.8) is 0 Å². The van der Waals surface area contributed by atoms with E-state index < -0.39 is 7.06 Å². The molecule has 0 aromatic carbocycles. The number of pyridine rings is 1. The number of methoxy groups -OCH3 is 1. The highest BCUT2D eigenvalue weighted by molar-refractivity contribution is 9.10. The first-order valence-corrected chi connectivity index (χ1v) is 2.87. The average molecular weight is 193 g/mol. The van der Waals surface area contributed by atoms with Crippen molar-refractivity contribution >= 4 is 15.9 Å². The van der Waals surface area contributed by atoms with Crippen molar-refractivity contribution in [2.45, 2.75) is 0 Å². The molecule has 0 aliphatic carbocycles. The Morgan fingerprint density at radius 3 is 3.67 bits per heavy atom. The maximum atomic E-state index is 7.34. The molecule has 48 valence electrons. The van der Waals surface area contributed by atoms with E-state index in [2.05, 4.69) is 25.7 Å². The molecule has 2 nitrogen and oxygen atoms in total. The van der Waals surface area contributed by atoms with Crippen LogP contribution in [0.4, 0.5) is 0 Å². The van der Waals surface area contributed by atoms with Gasteiger partial charge in [0.05, 0.1) is 24.6 Å². The Bertz CT molecular complexity index is 359. The molecule has 0 fully saturated rings. The summed E-state index contributed by atoms with van der Waals surface area (Å²) in [5.74, 6) is -0.152. The summed E-state index contributed by atoms with van der Waals surface area (Å²) in [4.78, 5) is 3.41. The normalized spacial score (nSPS) is 17.3. The Hall–Kier alpha value is -0.570. The summed E-state index contributed by atoms with van der Waals surface area (Å²) in [6.07, 6.45) is -0.705. The lowest BCUT2D eigenvalue weighted by atomic mass is 10.5. The fourth-order valence-electron chi connectivity index (χ4n) is 0.340. The number of ether oxygens (including phenoxy) is 1. The summed E-state index contributed by atoms with van der Waals surface area (Å²) in [6.45, 7) is 0. The molecule has 1 aromatic heterocycles. The van der Waals surface area contributed by atoms with Crippen molar-refractivity contribution in [1.82, 2.24) is 4.98 Å². The molecule has 0 saturated carbocycles. The van der Waals surface area contributed by atoms with Gasteiger partial charge in [-0.2, -0.15) is 0 Å². The summed E-state index contributed by atoms with van der Waals surface area (Å²) in [6, 6.07) is -0.225. The Balaban J connectivity index is 3.22. The summed E-state index contributed by atoms with van der Waals surface area (Å²) in [5, 5.41) is 0. The van der Waals surface area contributed by atoms with Gasteiger partial charge < -0.3 is 4.74 Å². The number of halogens is 1. The van der Waals surface area contributed by atoms with Gasteiger partial charge in [0.1, 0.15) is 0 Å². The van der Waals surface area contributed by atoms with E-state index in [1.165, 1.54) is 0 Å². The molecule has 1 aromatic rings. The van der Waals surface area contributed by atoms with Gasteiger partial charge in [-0.25, -0.2) is 0 Å². The minimum absolute atomic E-state index is 0.0759. The minimum Gasteiger partial charge on any atom is -0.494 e. The molecule has 0 atom stereocenters. The molecule has 9 heavy (non-hydrogen) atoms. The Morgan fingerprint density at radius 1 is 2.00 bits per heavy atom. The van der Waals surface area contributed by atoms with E-state index in [-0.39, 0.29) is 28.6 Å². The number of aromatic nitrogens is 1. The second-order valence-corrected chi connectivity index (χ2v) is 2.01. The van der Waals surface area contributed by atoms with Crippen molar-refractivity contribution in [2.24, 2.45) is 0 Å². The minimum atomic E-state index is -1.59. The molecule has 1 rings (SSSR count). The Labute approximate surface area is 69.0 Å². The SMILES string of the molecule is [2H]c1nc([2H])c(OC([2H])[2H])c(Br)c1[2H]. The Morgan fingerprint density at radius 2 is 2.89 bits per heavy atom. The van der Waals surface area contributed by atoms with Crippen LogP contribution in [-0.4, -0.2) is 12.0 Å². The zero-order chi connectivity index (χ0) is 10.9. The third-order valence-corrected chi connectivity index (χ3v) is 1.25. The van der Waals surface area contributed by atoms with Gasteiger partial charge >= 0.3 is 0 Å². The second kappa shape index (κ2) is 2.82. The molecule has 0 radical (unpaired) electrons. The molecule has 0 unspecified atom stereocenters. The van der Waals surface area contributed by atoms with Crippen LogP contribution < -0.4 is 4.74 Å². The van der Waals surface area contributed by atoms with E-state index in [9.17, 15) is 0 Å². The van der Waals surface area contributed by atoms with Gasteiger partial charge in [-0.1, -0.05) is 0 Å². The van der Waals surface area contributed by atoms with E-state index in [0.29, 0.717) is 0 Å². The first-order valence-electron chi connectivity index (χ1n) is 4.73. The number of hydrogen-bond acceptors (Lipinski definition) is 2. The van der Waals surface area contributed by atoms with Gasteiger partial charge in [-0.15, -0.1) is 0 Å². The molecule has 0 bridgehead atoms. The first-order chi connectivity index (χ1) is 6.43. The molecular formula is C6H6BrNO. The van der Waals surface area contributed by atoms with E-state index in [1.807, 2.05) is 0 Å². The highest BCUT2D eigenvalue weighted by Gasteiger charge is 1.94. The smallest absolute Gasteiger partial charge is 0.151 e. The van der Waals surface area contributed by atoms with Crippen LogP contribution in [0.1, 0.15) is 6.85 Å². The van der Waals surface area contributed by atoms with Crippen molar-refractivity contribution in [2.75, 3.05) is 7.06 Å². The van der Waals surface area contributed by atoms with Crippen LogP contribution in [0, 0.1) is 0 Å². The maximum absolute atomic E-state index is 7.34. The molecular weight excluding hydrogens is 182 g/mol. The van der Waals surface area contributed by atoms with Gasteiger partial charge in [0, 0.05) is 6.17 Å². The summed E-state index contributed by atoms with van der Waals surface area (Å²) in [7, 11) is -1.59. The molecule has 0 aliphatic rings. The fraction of sp³-hybridized carbons (Fsp3) is 0.167. The van der Waals surface area contributed by atoms with E-state index in [4.69, 9.17) is 6.85 Å². The first kappa shape index (κ1) is 2.58. The number of rotatable bonds is 1. The largest absolute Gasteiger partial charge is 0.494 e. The standard InChI is InChI=1S/C6H6BrNO/c1-9-6-4-8-3-2-5(6)7/h2-4H,1H3/i1D2,2D,3D,4D. The van der Waals surface area contributed by atoms with Crippen LogP contribution in [0.3, 0.4) is 0 Å². The third kappa shape index (κ3) is 1.42. The molecule has 0 spiro atoms. The van der Waals surface area contributed by atoms with E-state index in [1.54, 1.807) is 0 Å². The molecule has 0 saturated heterocycles. The number of hydrogen-bond donors (Lipinski definition) is 0. The highest BCUT2D eigenvalue weighted by atomic mass is 79.9. The van der Waals surface area contributed by atoms with E-state index in [0.717, 1.165) is 0 Å². The second-order valence-electron chi connectivity index (χ2n) is 1.22.